The van der Waals surface area contributed by atoms with Gasteiger partial charge in [0, 0.05) is 19.7 Å². The number of carbonyl (C=O) groups is 1. The number of methoxy groups -OCH3 is 1. The highest BCUT2D eigenvalue weighted by atomic mass is 32.1. The molecule has 0 bridgehead atoms. The number of rotatable bonds is 4. The number of anilines is 1. The minimum absolute atomic E-state index is 0.0476. The Morgan fingerprint density at radius 2 is 2.05 bits per heavy atom. The highest BCUT2D eigenvalue weighted by Gasteiger charge is 2.16. The normalized spacial score (nSPS) is 10.9. The van der Waals surface area contributed by atoms with Crippen molar-refractivity contribution in [2.45, 2.75) is 0 Å². The van der Waals surface area contributed by atoms with Gasteiger partial charge in [0.25, 0.3) is 0 Å². The first-order valence-electron chi connectivity index (χ1n) is 6.50. The van der Waals surface area contributed by atoms with E-state index in [-0.39, 0.29) is 5.57 Å². The van der Waals surface area contributed by atoms with E-state index in [4.69, 9.17) is 5.26 Å². The van der Waals surface area contributed by atoms with E-state index in [1.54, 1.807) is 0 Å². The molecule has 6 heteroatoms. The molecule has 2 aromatic rings. The molecule has 0 saturated heterocycles. The van der Waals surface area contributed by atoms with Gasteiger partial charge in [-0.15, -0.1) is 0 Å². The second kappa shape index (κ2) is 6.87. The molecule has 0 unspecified atom stereocenters. The summed E-state index contributed by atoms with van der Waals surface area (Å²) in [5.74, 6) is -0.652. The van der Waals surface area contributed by atoms with Crippen molar-refractivity contribution in [2.24, 2.45) is 0 Å². The van der Waals surface area contributed by atoms with Crippen LogP contribution in [0.25, 0.3) is 17.3 Å². The molecule has 0 aliphatic carbocycles. The zero-order valence-electron chi connectivity index (χ0n) is 12.5. The fourth-order valence-corrected chi connectivity index (χ4v) is 2.74. The topological polar surface area (TPSA) is 66.2 Å². The molecule has 0 N–H and O–H groups in total. The summed E-state index contributed by atoms with van der Waals surface area (Å²) in [5, 5.41) is 9.92. The van der Waals surface area contributed by atoms with E-state index in [2.05, 4.69) is 9.72 Å². The Morgan fingerprint density at radius 1 is 1.36 bits per heavy atom. The smallest absolute Gasteiger partial charge is 0.348 e. The van der Waals surface area contributed by atoms with Gasteiger partial charge in [-0.3, -0.25) is 0 Å². The average Bonchev–Trinajstić information content (AvgIpc) is 2.97. The van der Waals surface area contributed by atoms with E-state index in [1.807, 2.05) is 55.4 Å². The first-order chi connectivity index (χ1) is 10.6. The lowest BCUT2D eigenvalue weighted by atomic mass is 10.1. The van der Waals surface area contributed by atoms with E-state index in [9.17, 15) is 4.79 Å². The molecule has 0 spiro atoms. The third-order valence-electron chi connectivity index (χ3n) is 2.87. The lowest BCUT2D eigenvalue weighted by Gasteiger charge is -2.05. The van der Waals surface area contributed by atoms with Crippen LogP contribution in [-0.2, 0) is 9.53 Å². The number of hydrogen-bond donors (Lipinski definition) is 0. The maximum Gasteiger partial charge on any atom is 0.348 e. The van der Waals surface area contributed by atoms with Crippen LogP contribution in [0.15, 0.2) is 35.9 Å². The largest absolute Gasteiger partial charge is 0.465 e. The van der Waals surface area contributed by atoms with Gasteiger partial charge in [-0.2, -0.15) is 5.26 Å². The van der Waals surface area contributed by atoms with E-state index >= 15 is 0 Å². The predicted octanol–water partition coefficient (Wildman–Crippen LogP) is 2.96. The number of nitriles is 1. The second-order valence-corrected chi connectivity index (χ2v) is 5.64. The first kappa shape index (κ1) is 15.7. The van der Waals surface area contributed by atoms with Crippen LogP contribution >= 0.6 is 11.3 Å². The van der Waals surface area contributed by atoms with E-state index in [0.29, 0.717) is 0 Å². The van der Waals surface area contributed by atoms with Crippen molar-refractivity contribution in [3.05, 3.63) is 40.8 Å². The molecule has 0 radical (unpaired) electrons. The van der Waals surface area contributed by atoms with Gasteiger partial charge in [0.1, 0.15) is 11.6 Å². The van der Waals surface area contributed by atoms with Crippen molar-refractivity contribution in [1.29, 1.82) is 5.26 Å². The quantitative estimate of drug-likeness (QED) is 0.493. The lowest BCUT2D eigenvalue weighted by Crippen LogP contribution is -2.07. The lowest BCUT2D eigenvalue weighted by molar-refractivity contribution is -0.135. The predicted molar refractivity (Wildman–Crippen MR) is 87.5 cm³/mol. The van der Waals surface area contributed by atoms with Gasteiger partial charge in [0.15, 0.2) is 5.13 Å². The maximum atomic E-state index is 11.6. The van der Waals surface area contributed by atoms with Crippen molar-refractivity contribution in [1.82, 2.24) is 4.98 Å². The zero-order valence-corrected chi connectivity index (χ0v) is 13.3. The summed E-state index contributed by atoms with van der Waals surface area (Å²) in [6.45, 7) is 0. The monoisotopic (exact) mass is 313 g/mol. The third-order valence-corrected chi connectivity index (χ3v) is 4.04. The van der Waals surface area contributed by atoms with Gasteiger partial charge in [0.05, 0.1) is 17.7 Å². The standard InChI is InChI=1S/C16H15N3O2S/c1-19(2)16-18-14(11-7-5-4-6-8-11)13(22-16)9-12(10-17)15(20)21-3/h4-9H,1-3H3/b12-9-. The van der Waals surface area contributed by atoms with Crippen LogP contribution in [0, 0.1) is 11.3 Å². The van der Waals surface area contributed by atoms with Crippen LogP contribution in [-0.4, -0.2) is 32.2 Å². The Bertz CT molecular complexity index is 742. The summed E-state index contributed by atoms with van der Waals surface area (Å²) in [7, 11) is 5.04. The highest BCUT2D eigenvalue weighted by molar-refractivity contribution is 7.17. The molecule has 5 nitrogen and oxygen atoms in total. The summed E-state index contributed by atoms with van der Waals surface area (Å²) in [6, 6.07) is 11.5. The van der Waals surface area contributed by atoms with Gasteiger partial charge < -0.3 is 9.64 Å². The van der Waals surface area contributed by atoms with Gasteiger partial charge in [0.2, 0.25) is 0 Å². The summed E-state index contributed by atoms with van der Waals surface area (Å²) < 4.78 is 4.62. The third kappa shape index (κ3) is 3.32. The van der Waals surface area contributed by atoms with Crippen molar-refractivity contribution in [2.75, 3.05) is 26.1 Å². The molecule has 0 atom stereocenters. The van der Waals surface area contributed by atoms with Gasteiger partial charge in [-0.05, 0) is 6.08 Å². The van der Waals surface area contributed by atoms with E-state index in [1.165, 1.54) is 24.5 Å². The molecule has 0 aliphatic heterocycles. The minimum atomic E-state index is -0.652. The highest BCUT2D eigenvalue weighted by Crippen LogP contribution is 2.34. The Kier molecular flexibility index (Phi) is 4.92. The fourth-order valence-electron chi connectivity index (χ4n) is 1.79. The molecular formula is C16H15N3O2S. The van der Waals surface area contributed by atoms with Gasteiger partial charge >= 0.3 is 5.97 Å². The number of hydrogen-bond acceptors (Lipinski definition) is 6. The summed E-state index contributed by atoms with van der Waals surface area (Å²) >= 11 is 1.41. The van der Waals surface area contributed by atoms with E-state index in [0.717, 1.165) is 21.3 Å². The molecule has 1 aromatic heterocycles. The molecule has 2 rings (SSSR count). The molecule has 0 fully saturated rings. The van der Waals surface area contributed by atoms with Gasteiger partial charge in [-0.25, -0.2) is 9.78 Å². The first-order valence-corrected chi connectivity index (χ1v) is 7.32. The Balaban J connectivity index is 2.58. The molecule has 22 heavy (non-hydrogen) atoms. The van der Waals surface area contributed by atoms with E-state index < -0.39 is 5.97 Å². The van der Waals surface area contributed by atoms with Crippen LogP contribution in [0.4, 0.5) is 5.13 Å². The van der Waals surface area contributed by atoms with Crippen molar-refractivity contribution < 1.29 is 9.53 Å². The average molecular weight is 313 g/mol. The van der Waals surface area contributed by atoms with Crippen LogP contribution < -0.4 is 4.90 Å². The number of nitrogens with zero attached hydrogens (tertiary/aromatic N) is 3. The van der Waals surface area contributed by atoms with Gasteiger partial charge in [-0.1, -0.05) is 41.7 Å². The number of ether oxygens (including phenoxy) is 1. The zero-order chi connectivity index (χ0) is 16.1. The molecule has 0 saturated carbocycles. The summed E-state index contributed by atoms with van der Waals surface area (Å²) in [4.78, 5) is 18.8. The van der Waals surface area contributed by atoms with Crippen LogP contribution in [0.5, 0.6) is 0 Å². The second-order valence-electron chi connectivity index (χ2n) is 4.63. The molecular weight excluding hydrogens is 298 g/mol. The SMILES string of the molecule is COC(=O)/C(C#N)=C\c1sc(N(C)C)nc1-c1ccccc1. The minimum Gasteiger partial charge on any atom is -0.465 e. The number of carbonyl (C=O) groups excluding carboxylic acids is 1. The Morgan fingerprint density at radius 3 is 2.59 bits per heavy atom. The fraction of sp³-hybridized carbons (Fsp3) is 0.188. The summed E-state index contributed by atoms with van der Waals surface area (Å²) in [5.41, 5.74) is 1.62. The van der Waals surface area contributed by atoms with Crippen LogP contribution in [0.3, 0.4) is 0 Å². The Labute approximate surface area is 133 Å². The Hall–Kier alpha value is -2.65. The molecule has 0 aliphatic rings. The van der Waals surface area contributed by atoms with Crippen LogP contribution in [0.2, 0.25) is 0 Å². The van der Waals surface area contributed by atoms with Crippen molar-refractivity contribution in [3.8, 4) is 17.3 Å². The maximum absolute atomic E-state index is 11.6. The number of aromatic nitrogens is 1. The van der Waals surface area contributed by atoms with Crippen LogP contribution in [0.1, 0.15) is 4.88 Å². The number of thiazole rings is 1. The molecule has 0 amide bonds. The number of benzene rings is 1. The summed E-state index contributed by atoms with van der Waals surface area (Å²) in [6.07, 6.45) is 1.53. The number of esters is 1. The van der Waals surface area contributed by atoms with Crippen molar-refractivity contribution >= 4 is 28.5 Å². The molecule has 112 valence electrons. The van der Waals surface area contributed by atoms with Crippen molar-refractivity contribution in [3.63, 3.8) is 0 Å². The molecule has 1 aromatic carbocycles. The molecule has 1 heterocycles.